The molecule has 2 N–H and O–H groups in total. The molecule has 0 saturated heterocycles. The Kier molecular flexibility index (Phi) is 7.57. The summed E-state index contributed by atoms with van der Waals surface area (Å²) in [5.74, 6) is 0.196. The van der Waals surface area contributed by atoms with Gasteiger partial charge in [0.15, 0.2) is 0 Å². The van der Waals surface area contributed by atoms with Crippen LogP contribution >= 0.6 is 7.82 Å². The smallest absolute Gasteiger partial charge is 1.00 e. The van der Waals surface area contributed by atoms with Gasteiger partial charge in [0.25, 0.3) is 0 Å². The molecule has 4 nitrogen and oxygen atoms in total. The molecule has 2 rings (SSSR count). The summed E-state index contributed by atoms with van der Waals surface area (Å²) in [6, 6.07) is 12.3. The molecule has 0 saturated carbocycles. The number of hydrogen-bond acceptors (Lipinski definition) is 2. The Labute approximate surface area is 146 Å². The first-order valence-corrected chi connectivity index (χ1v) is 5.82. The van der Waals surface area contributed by atoms with Crippen LogP contribution in [0.4, 0.5) is 0 Å². The van der Waals surface area contributed by atoms with Crippen LogP contribution in [0.25, 0.3) is 10.8 Å². The molecule has 0 fully saturated rings. The zero-order valence-corrected chi connectivity index (χ0v) is 14.6. The molecule has 0 spiro atoms. The second kappa shape index (κ2) is 7.29. The quantitative estimate of drug-likeness (QED) is 0.441. The maximum atomic E-state index is 10.7. The largest absolute Gasteiger partial charge is 1.00 e. The summed E-state index contributed by atoms with van der Waals surface area (Å²) in [4.78, 5) is 17.4. The van der Waals surface area contributed by atoms with E-state index in [1.54, 1.807) is 18.2 Å². The van der Waals surface area contributed by atoms with E-state index >= 15 is 0 Å². The third kappa shape index (κ3) is 5.03. The van der Waals surface area contributed by atoms with E-state index in [1.807, 2.05) is 18.2 Å². The minimum atomic E-state index is -4.49. The van der Waals surface area contributed by atoms with Crippen LogP contribution in [0.5, 0.6) is 5.75 Å². The van der Waals surface area contributed by atoms with Crippen molar-refractivity contribution in [2.45, 2.75) is 0 Å². The van der Waals surface area contributed by atoms with Crippen molar-refractivity contribution in [2.24, 2.45) is 0 Å². The molecule has 7 heteroatoms. The van der Waals surface area contributed by atoms with E-state index in [4.69, 9.17) is 9.79 Å². The van der Waals surface area contributed by atoms with Gasteiger partial charge in [-0.15, -0.1) is 0 Å². The van der Waals surface area contributed by atoms with Gasteiger partial charge in [-0.05, 0) is 11.5 Å². The number of fused-ring (bicyclic) bond motifs is 1. The standard InChI is InChI=1S/C10H9O4P.2Na.2H/c11-15(12,13)14-10-7-3-5-8-4-1-2-6-9(8)10;;;;/h1-7H,(H2,11,12,13);;;;/q;2*+1;2*-1. The van der Waals surface area contributed by atoms with Gasteiger partial charge in [0.05, 0.1) is 0 Å². The summed E-state index contributed by atoms with van der Waals surface area (Å²) < 4.78 is 15.3. The van der Waals surface area contributed by atoms with E-state index in [9.17, 15) is 4.57 Å². The topological polar surface area (TPSA) is 66.8 Å². The first-order valence-electron chi connectivity index (χ1n) is 4.29. The summed E-state index contributed by atoms with van der Waals surface area (Å²) in [6.45, 7) is 0. The second-order valence-corrected chi connectivity index (χ2v) is 4.22. The minimum absolute atomic E-state index is 0. The van der Waals surface area contributed by atoms with Crippen molar-refractivity contribution < 1.29 is 80.8 Å². The third-order valence-electron chi connectivity index (χ3n) is 1.97. The zero-order chi connectivity index (χ0) is 10.9. The fraction of sp³-hybridized carbons (Fsp3) is 0. The molecule has 0 radical (unpaired) electrons. The van der Waals surface area contributed by atoms with Gasteiger partial charge in [-0.25, -0.2) is 4.57 Å². The zero-order valence-electron chi connectivity index (χ0n) is 11.7. The van der Waals surface area contributed by atoms with E-state index in [-0.39, 0.29) is 67.7 Å². The van der Waals surface area contributed by atoms with Gasteiger partial charge >= 0.3 is 66.9 Å². The fourth-order valence-electron chi connectivity index (χ4n) is 1.40. The van der Waals surface area contributed by atoms with Crippen molar-refractivity contribution in [1.82, 2.24) is 0 Å². The van der Waals surface area contributed by atoms with Gasteiger partial charge < -0.3 is 7.38 Å². The predicted octanol–water partition coefficient (Wildman–Crippen LogP) is -3.46. The Balaban J connectivity index is -0.000000640. The van der Waals surface area contributed by atoms with E-state index in [1.165, 1.54) is 6.07 Å². The summed E-state index contributed by atoms with van der Waals surface area (Å²) in [5.41, 5.74) is 0. The molecule has 17 heavy (non-hydrogen) atoms. The van der Waals surface area contributed by atoms with Crippen LogP contribution in [0.15, 0.2) is 42.5 Å². The summed E-state index contributed by atoms with van der Waals surface area (Å²) in [6.07, 6.45) is 0. The minimum Gasteiger partial charge on any atom is -1.00 e. The first-order chi connectivity index (χ1) is 7.06. The van der Waals surface area contributed by atoms with Crippen LogP contribution in [-0.2, 0) is 4.57 Å². The summed E-state index contributed by atoms with van der Waals surface area (Å²) >= 11 is 0. The Bertz CT molecular complexity index is 545. The average molecular weight is 272 g/mol. The molecule has 2 aromatic rings. The SMILES string of the molecule is O=P(O)(O)Oc1cccc2ccccc12.[H-].[H-].[Na+].[Na+]. The van der Waals surface area contributed by atoms with Gasteiger partial charge in [0.1, 0.15) is 5.75 Å². The maximum Gasteiger partial charge on any atom is 1.00 e. The van der Waals surface area contributed by atoms with Crippen molar-refractivity contribution in [3.8, 4) is 5.75 Å². The van der Waals surface area contributed by atoms with E-state index < -0.39 is 7.82 Å². The Hall–Kier alpha value is 0.650. The number of phosphoric acid groups is 1. The number of benzene rings is 2. The number of hydrogen-bond donors (Lipinski definition) is 2. The van der Waals surface area contributed by atoms with E-state index in [2.05, 4.69) is 4.52 Å². The van der Waals surface area contributed by atoms with Crippen molar-refractivity contribution >= 4 is 18.6 Å². The third-order valence-corrected chi connectivity index (χ3v) is 2.40. The number of rotatable bonds is 2. The normalized spacial score (nSPS) is 10.2. The molecule has 0 aliphatic heterocycles. The predicted molar refractivity (Wildman–Crippen MR) is 58.8 cm³/mol. The molecule has 0 unspecified atom stereocenters. The van der Waals surface area contributed by atoms with Crippen molar-refractivity contribution in [3.05, 3.63) is 42.5 Å². The molecule has 0 atom stereocenters. The van der Waals surface area contributed by atoms with Gasteiger partial charge in [-0.1, -0.05) is 36.4 Å². The van der Waals surface area contributed by atoms with Gasteiger partial charge in [-0.2, -0.15) is 0 Å². The van der Waals surface area contributed by atoms with Crippen LogP contribution in [-0.4, -0.2) is 9.79 Å². The fourth-order valence-corrected chi connectivity index (χ4v) is 1.82. The molecule has 82 valence electrons. The summed E-state index contributed by atoms with van der Waals surface area (Å²) in [7, 11) is -4.49. The van der Waals surface area contributed by atoms with E-state index in [0.717, 1.165) is 5.39 Å². The van der Waals surface area contributed by atoms with Gasteiger partial charge in [-0.3, -0.25) is 9.79 Å². The van der Waals surface area contributed by atoms with Crippen molar-refractivity contribution in [3.63, 3.8) is 0 Å². The average Bonchev–Trinajstić information content (AvgIpc) is 2.16. The van der Waals surface area contributed by atoms with Crippen molar-refractivity contribution in [1.29, 1.82) is 0 Å². The molecule has 0 heterocycles. The van der Waals surface area contributed by atoms with Gasteiger partial charge in [0, 0.05) is 5.39 Å². The Morgan fingerprint density at radius 1 is 1.00 bits per heavy atom. The van der Waals surface area contributed by atoms with Crippen LogP contribution < -0.4 is 63.6 Å². The molecule has 0 aromatic heterocycles. The first kappa shape index (κ1) is 17.6. The van der Waals surface area contributed by atoms with Crippen LogP contribution in [0.3, 0.4) is 0 Å². The van der Waals surface area contributed by atoms with Crippen LogP contribution in [0, 0.1) is 0 Å². The molecule has 2 aromatic carbocycles. The molecule has 0 aliphatic rings. The van der Waals surface area contributed by atoms with Crippen LogP contribution in [0.2, 0.25) is 0 Å². The number of phosphoric ester groups is 1. The molecule has 0 amide bonds. The molecular weight excluding hydrogens is 261 g/mol. The maximum absolute atomic E-state index is 10.7. The Morgan fingerprint density at radius 3 is 2.24 bits per heavy atom. The van der Waals surface area contributed by atoms with Gasteiger partial charge in [0.2, 0.25) is 0 Å². The second-order valence-electron chi connectivity index (χ2n) is 3.06. The Morgan fingerprint density at radius 2 is 1.59 bits per heavy atom. The summed E-state index contributed by atoms with van der Waals surface area (Å²) in [5, 5.41) is 1.56. The molecule has 0 aliphatic carbocycles. The molecule has 0 bridgehead atoms. The van der Waals surface area contributed by atoms with E-state index in [0.29, 0.717) is 5.39 Å². The molecular formula is C10H11Na2O4P. The van der Waals surface area contributed by atoms with Crippen LogP contribution in [0.1, 0.15) is 2.85 Å². The monoisotopic (exact) mass is 272 g/mol. The van der Waals surface area contributed by atoms with Crippen molar-refractivity contribution in [2.75, 3.05) is 0 Å².